The van der Waals surface area contributed by atoms with Crippen molar-refractivity contribution in [2.45, 2.75) is 26.4 Å². The average Bonchev–Trinajstić information content (AvgIpc) is 3.09. The van der Waals surface area contributed by atoms with Gasteiger partial charge in [0.15, 0.2) is 5.13 Å². The second kappa shape index (κ2) is 8.73. The number of nitrogens with one attached hydrogen (secondary N) is 1. The molecule has 0 saturated carbocycles. The number of anilines is 1. The largest absolute Gasteiger partial charge is 0.434 e. The van der Waals surface area contributed by atoms with Crippen molar-refractivity contribution < 1.29 is 18.3 Å². The van der Waals surface area contributed by atoms with Crippen molar-refractivity contribution in [3.63, 3.8) is 0 Å². The standard InChI is InChI=1S/C20H18F2N2O2S/c1-13-6-8-14(9-7-13)10-11-18(25)24-20-23-16(12-27-20)15-4-2-3-5-17(15)26-19(21)22/h2-9,12,19H,10-11H2,1H3,(H,23,24,25). The van der Waals surface area contributed by atoms with Crippen LogP contribution in [-0.4, -0.2) is 17.5 Å². The summed E-state index contributed by atoms with van der Waals surface area (Å²) in [5.74, 6) is -0.0939. The summed E-state index contributed by atoms with van der Waals surface area (Å²) in [5.41, 5.74) is 3.20. The molecule has 3 aromatic rings. The Kier molecular flexibility index (Phi) is 6.13. The van der Waals surface area contributed by atoms with Crippen LogP contribution in [0.25, 0.3) is 11.3 Å². The maximum absolute atomic E-state index is 12.5. The molecule has 27 heavy (non-hydrogen) atoms. The Morgan fingerprint density at radius 2 is 1.93 bits per heavy atom. The second-order valence-electron chi connectivity index (χ2n) is 5.95. The summed E-state index contributed by atoms with van der Waals surface area (Å²) >= 11 is 1.24. The summed E-state index contributed by atoms with van der Waals surface area (Å²) in [7, 11) is 0. The van der Waals surface area contributed by atoms with Crippen LogP contribution in [0.5, 0.6) is 5.75 Å². The number of benzene rings is 2. The lowest BCUT2D eigenvalue weighted by atomic mass is 10.1. The lowest BCUT2D eigenvalue weighted by Crippen LogP contribution is -2.12. The third-order valence-corrected chi connectivity index (χ3v) is 4.65. The highest BCUT2D eigenvalue weighted by Crippen LogP contribution is 2.33. The van der Waals surface area contributed by atoms with Gasteiger partial charge < -0.3 is 10.1 Å². The second-order valence-corrected chi connectivity index (χ2v) is 6.80. The molecule has 3 rings (SSSR count). The maximum Gasteiger partial charge on any atom is 0.387 e. The Bertz CT molecular complexity index is 910. The van der Waals surface area contributed by atoms with Crippen LogP contribution in [0.3, 0.4) is 0 Å². The lowest BCUT2D eigenvalue weighted by Gasteiger charge is -2.08. The molecule has 1 heterocycles. The van der Waals surface area contributed by atoms with Gasteiger partial charge in [-0.05, 0) is 31.0 Å². The van der Waals surface area contributed by atoms with Crippen LogP contribution in [-0.2, 0) is 11.2 Å². The Hall–Kier alpha value is -2.80. The van der Waals surface area contributed by atoms with Gasteiger partial charge in [-0.15, -0.1) is 11.3 Å². The zero-order valence-electron chi connectivity index (χ0n) is 14.6. The molecule has 0 aliphatic heterocycles. The Morgan fingerprint density at radius 3 is 2.67 bits per heavy atom. The average molecular weight is 388 g/mol. The van der Waals surface area contributed by atoms with Crippen LogP contribution in [0, 0.1) is 6.92 Å². The molecule has 2 aromatic carbocycles. The Morgan fingerprint density at radius 1 is 1.19 bits per heavy atom. The highest BCUT2D eigenvalue weighted by molar-refractivity contribution is 7.14. The minimum Gasteiger partial charge on any atom is -0.434 e. The molecule has 4 nitrogen and oxygen atoms in total. The van der Waals surface area contributed by atoms with E-state index in [-0.39, 0.29) is 11.7 Å². The van der Waals surface area contributed by atoms with Gasteiger partial charge in [0.1, 0.15) is 5.75 Å². The van der Waals surface area contributed by atoms with Crippen molar-refractivity contribution in [1.29, 1.82) is 0 Å². The van der Waals surface area contributed by atoms with Gasteiger partial charge >= 0.3 is 6.61 Å². The molecule has 7 heteroatoms. The molecule has 0 bridgehead atoms. The normalized spacial score (nSPS) is 10.8. The van der Waals surface area contributed by atoms with Crippen molar-refractivity contribution in [3.05, 3.63) is 65.0 Å². The maximum atomic E-state index is 12.5. The number of aromatic nitrogens is 1. The predicted molar refractivity (Wildman–Crippen MR) is 102 cm³/mol. The molecule has 0 aliphatic rings. The first-order valence-corrected chi connectivity index (χ1v) is 9.24. The van der Waals surface area contributed by atoms with Crippen molar-refractivity contribution in [2.24, 2.45) is 0 Å². The van der Waals surface area contributed by atoms with E-state index in [4.69, 9.17) is 0 Å². The lowest BCUT2D eigenvalue weighted by molar-refractivity contribution is -0.116. The summed E-state index contributed by atoms with van der Waals surface area (Å²) < 4.78 is 29.6. The van der Waals surface area contributed by atoms with Crippen LogP contribution in [0.2, 0.25) is 0 Å². The number of para-hydroxylation sites is 1. The van der Waals surface area contributed by atoms with E-state index in [9.17, 15) is 13.6 Å². The van der Waals surface area contributed by atoms with Gasteiger partial charge in [-0.25, -0.2) is 4.98 Å². The number of amides is 1. The van der Waals surface area contributed by atoms with E-state index < -0.39 is 6.61 Å². The topological polar surface area (TPSA) is 51.2 Å². The van der Waals surface area contributed by atoms with Gasteiger partial charge in [-0.2, -0.15) is 8.78 Å². The molecule has 1 amide bonds. The van der Waals surface area contributed by atoms with Gasteiger partial charge in [0.2, 0.25) is 5.91 Å². The van der Waals surface area contributed by atoms with E-state index in [1.165, 1.54) is 23.0 Å². The molecule has 1 aromatic heterocycles. The number of hydrogen-bond acceptors (Lipinski definition) is 4. The minimum atomic E-state index is -2.91. The smallest absolute Gasteiger partial charge is 0.387 e. The molecule has 0 spiro atoms. The minimum absolute atomic E-state index is 0.0510. The van der Waals surface area contributed by atoms with Crippen molar-refractivity contribution in [1.82, 2.24) is 4.98 Å². The van der Waals surface area contributed by atoms with Crippen molar-refractivity contribution >= 4 is 22.4 Å². The number of carbonyl (C=O) groups is 1. The fourth-order valence-corrected chi connectivity index (χ4v) is 3.25. The highest BCUT2D eigenvalue weighted by atomic mass is 32.1. The Labute approximate surface area is 159 Å². The summed E-state index contributed by atoms with van der Waals surface area (Å²) in [5, 5.41) is 4.87. The molecule has 0 fully saturated rings. The number of rotatable bonds is 7. The number of hydrogen-bond donors (Lipinski definition) is 1. The fraction of sp³-hybridized carbons (Fsp3) is 0.200. The van der Waals surface area contributed by atoms with E-state index in [0.29, 0.717) is 29.2 Å². The molecule has 0 saturated heterocycles. The molecule has 1 N–H and O–H groups in total. The monoisotopic (exact) mass is 388 g/mol. The quantitative estimate of drug-likeness (QED) is 0.598. The number of alkyl halides is 2. The molecule has 0 radical (unpaired) electrons. The van der Waals surface area contributed by atoms with E-state index in [2.05, 4.69) is 15.0 Å². The van der Waals surface area contributed by atoms with Gasteiger partial charge in [0.25, 0.3) is 0 Å². The summed E-state index contributed by atoms with van der Waals surface area (Å²) in [6, 6.07) is 14.5. The molecular formula is C20H18F2N2O2S. The predicted octanol–water partition coefficient (Wildman–Crippen LogP) is 5.29. The first-order chi connectivity index (χ1) is 13.0. The van der Waals surface area contributed by atoms with Crippen LogP contribution >= 0.6 is 11.3 Å². The zero-order chi connectivity index (χ0) is 19.2. The van der Waals surface area contributed by atoms with Gasteiger partial charge in [-0.3, -0.25) is 4.79 Å². The number of ether oxygens (including phenoxy) is 1. The zero-order valence-corrected chi connectivity index (χ0v) is 15.4. The van der Waals surface area contributed by atoms with E-state index in [1.54, 1.807) is 23.6 Å². The summed E-state index contributed by atoms with van der Waals surface area (Å²) in [4.78, 5) is 16.5. The number of halogens is 2. The van der Waals surface area contributed by atoms with Gasteiger partial charge in [0, 0.05) is 17.4 Å². The first-order valence-electron chi connectivity index (χ1n) is 8.36. The van der Waals surface area contributed by atoms with Crippen LogP contribution < -0.4 is 10.1 Å². The van der Waals surface area contributed by atoms with Crippen molar-refractivity contribution in [3.8, 4) is 17.0 Å². The number of nitrogens with zero attached hydrogens (tertiary/aromatic N) is 1. The van der Waals surface area contributed by atoms with E-state index in [0.717, 1.165) is 5.56 Å². The molecule has 0 unspecified atom stereocenters. The summed E-state index contributed by atoms with van der Waals surface area (Å²) in [6.07, 6.45) is 0.971. The fourth-order valence-electron chi connectivity index (χ4n) is 2.53. The number of aryl methyl sites for hydroxylation is 2. The summed E-state index contributed by atoms with van der Waals surface area (Å²) in [6.45, 7) is -0.896. The number of thiazole rings is 1. The SMILES string of the molecule is Cc1ccc(CCC(=O)Nc2nc(-c3ccccc3OC(F)F)cs2)cc1. The van der Waals surface area contributed by atoms with E-state index in [1.807, 2.05) is 31.2 Å². The molecule has 0 aliphatic carbocycles. The Balaban J connectivity index is 1.62. The van der Waals surface area contributed by atoms with Crippen LogP contribution in [0.4, 0.5) is 13.9 Å². The van der Waals surface area contributed by atoms with Crippen LogP contribution in [0.1, 0.15) is 17.5 Å². The molecule has 140 valence electrons. The third kappa shape index (κ3) is 5.34. The van der Waals surface area contributed by atoms with Gasteiger partial charge in [-0.1, -0.05) is 42.0 Å². The number of carbonyl (C=O) groups excluding carboxylic acids is 1. The first kappa shape index (κ1) is 19.0. The van der Waals surface area contributed by atoms with E-state index >= 15 is 0 Å². The molecular weight excluding hydrogens is 370 g/mol. The molecule has 0 atom stereocenters. The van der Waals surface area contributed by atoms with Crippen LogP contribution in [0.15, 0.2) is 53.9 Å². The third-order valence-electron chi connectivity index (χ3n) is 3.89. The van der Waals surface area contributed by atoms with Gasteiger partial charge in [0.05, 0.1) is 5.69 Å². The van der Waals surface area contributed by atoms with Crippen molar-refractivity contribution in [2.75, 3.05) is 5.32 Å². The highest BCUT2D eigenvalue weighted by Gasteiger charge is 2.14.